The summed E-state index contributed by atoms with van der Waals surface area (Å²) < 4.78 is 41.1. The second kappa shape index (κ2) is 21.2. The monoisotopic (exact) mass is 1000 g/mol. The van der Waals surface area contributed by atoms with Gasteiger partial charge in [-0.1, -0.05) is 75.9 Å². The number of halogens is 3. The lowest BCUT2D eigenvalue weighted by Crippen LogP contribution is -2.59. The molecule has 0 radical (unpaired) electrons. The number of pyridine rings is 1. The molecule has 2 aromatic carbocycles. The van der Waals surface area contributed by atoms with Crippen LogP contribution >= 0.6 is 11.3 Å². The largest absolute Gasteiger partial charge is 0.453 e. The molecule has 378 valence electrons. The summed E-state index contributed by atoms with van der Waals surface area (Å²) in [6.45, 7) is 14.8. The van der Waals surface area contributed by atoms with Gasteiger partial charge in [0.25, 0.3) is 5.82 Å². The standard InChI is InChI=1S/C53H61F3N12O3S/c1-34-28-42(49(70)58-30-38-10-15-41(16-11-38)47-35(2)59-33-72-47)67(31-34)50(71)48(52(3,4)5)60-46(69)32-64-24-26-66(27-25-64)43-17-12-37(29-57-43)7-6-36-8-13-39(14-9-36)40-20-22-65(23-21-40)45-19-18-44-61-62-51(53(54,55)56)68(44)63-45/h8-17,29,33-34,40,42,48H,18-28,30-32H2,1-5H3,(H,58,70)(H,60,69)/t34?,42-,48+/m0/s1. The van der Waals surface area contributed by atoms with E-state index in [4.69, 9.17) is 4.98 Å². The Morgan fingerprint density at radius 2 is 1.56 bits per heavy atom. The molecule has 3 aromatic heterocycles. The highest BCUT2D eigenvalue weighted by Gasteiger charge is 2.44. The highest BCUT2D eigenvalue weighted by Crippen LogP contribution is 2.33. The number of thiazole rings is 1. The normalized spacial score (nSPS) is 19.3. The molecule has 19 heteroatoms. The fraction of sp³-hybridized carbons (Fsp3) is 0.472. The minimum Gasteiger partial charge on any atom is -0.359 e. The van der Waals surface area contributed by atoms with Gasteiger partial charge in [-0.2, -0.15) is 22.9 Å². The number of rotatable bonds is 10. The summed E-state index contributed by atoms with van der Waals surface area (Å²) >= 11 is 1.60. The number of amidine groups is 1. The number of piperidine rings is 1. The van der Waals surface area contributed by atoms with Gasteiger partial charge in [-0.3, -0.25) is 19.3 Å². The number of aromatic nitrogens is 5. The van der Waals surface area contributed by atoms with Crippen molar-refractivity contribution in [3.05, 3.63) is 112 Å². The molecule has 0 bridgehead atoms. The summed E-state index contributed by atoms with van der Waals surface area (Å²) in [6, 6.07) is 18.8. The van der Waals surface area contributed by atoms with E-state index >= 15 is 0 Å². The van der Waals surface area contributed by atoms with Crippen molar-refractivity contribution in [2.75, 3.05) is 57.3 Å². The highest BCUT2D eigenvalue weighted by molar-refractivity contribution is 7.13. The van der Waals surface area contributed by atoms with Gasteiger partial charge >= 0.3 is 6.18 Å². The average Bonchev–Trinajstić information content (AvgIpc) is 4.12. The van der Waals surface area contributed by atoms with Crippen molar-refractivity contribution in [3.8, 4) is 22.3 Å². The van der Waals surface area contributed by atoms with Crippen LogP contribution in [0.2, 0.25) is 0 Å². The number of carbonyl (C=O) groups is 3. The van der Waals surface area contributed by atoms with Gasteiger partial charge < -0.3 is 25.3 Å². The molecule has 2 N–H and O–H groups in total. The quantitative estimate of drug-likeness (QED) is 0.144. The van der Waals surface area contributed by atoms with E-state index in [1.54, 1.807) is 22.4 Å². The zero-order chi connectivity index (χ0) is 50.7. The van der Waals surface area contributed by atoms with Gasteiger partial charge in [0.2, 0.25) is 17.7 Å². The van der Waals surface area contributed by atoms with Crippen LogP contribution in [0.1, 0.15) is 98.9 Å². The molecule has 5 aromatic rings. The Morgan fingerprint density at radius 1 is 0.847 bits per heavy atom. The molecule has 3 fully saturated rings. The highest BCUT2D eigenvalue weighted by atomic mass is 32.1. The minimum atomic E-state index is -4.61. The number of likely N-dealkylation sites (tertiary alicyclic amines) is 2. The number of benzene rings is 2. The Balaban J connectivity index is 0.718. The van der Waals surface area contributed by atoms with Gasteiger partial charge in [0.15, 0.2) is 5.82 Å². The molecule has 1 unspecified atom stereocenters. The summed E-state index contributed by atoms with van der Waals surface area (Å²) in [6.07, 6.45) is 0.354. The number of aryl methyl sites for hydroxylation is 2. The van der Waals surface area contributed by atoms with E-state index in [1.165, 1.54) is 5.56 Å². The van der Waals surface area contributed by atoms with Crippen LogP contribution in [0.25, 0.3) is 10.4 Å². The van der Waals surface area contributed by atoms with E-state index in [1.807, 2.05) is 88.7 Å². The van der Waals surface area contributed by atoms with Crippen LogP contribution in [-0.2, 0) is 33.5 Å². The topological polar surface area (TPSA) is 157 Å². The fourth-order valence-corrected chi connectivity index (χ4v) is 10.8. The molecule has 3 atom stereocenters. The van der Waals surface area contributed by atoms with Crippen LogP contribution in [0.3, 0.4) is 0 Å². The molecule has 3 amide bonds. The number of nitrogens with zero attached hydrogens (tertiary/aromatic N) is 10. The zero-order valence-corrected chi connectivity index (χ0v) is 42.2. The predicted molar refractivity (Wildman–Crippen MR) is 270 cm³/mol. The molecule has 4 aliphatic rings. The summed E-state index contributed by atoms with van der Waals surface area (Å²) in [5.74, 6) is 6.90. The number of hydrogen-bond acceptors (Lipinski definition) is 12. The maximum absolute atomic E-state index is 14.3. The van der Waals surface area contributed by atoms with Crippen LogP contribution in [-0.4, -0.2) is 128 Å². The Bertz CT molecular complexity index is 2830. The number of nitrogens with one attached hydrogen (secondary N) is 2. The summed E-state index contributed by atoms with van der Waals surface area (Å²) in [5.41, 5.74) is 7.16. The van der Waals surface area contributed by atoms with Crippen molar-refractivity contribution in [1.29, 1.82) is 0 Å². The van der Waals surface area contributed by atoms with E-state index in [0.29, 0.717) is 83.4 Å². The number of fused-ring (bicyclic) bond motifs is 1. The Morgan fingerprint density at radius 3 is 2.21 bits per heavy atom. The van der Waals surface area contributed by atoms with Gasteiger partial charge in [0, 0.05) is 82.5 Å². The number of anilines is 1. The van der Waals surface area contributed by atoms with Gasteiger partial charge in [-0.25, -0.2) is 9.97 Å². The second-order valence-electron chi connectivity index (χ2n) is 20.5. The third-order valence-corrected chi connectivity index (χ3v) is 15.1. The Kier molecular flexibility index (Phi) is 14.8. The van der Waals surface area contributed by atoms with Crippen LogP contribution in [0.4, 0.5) is 19.0 Å². The van der Waals surface area contributed by atoms with Gasteiger partial charge in [-0.05, 0) is 84.4 Å². The van der Waals surface area contributed by atoms with E-state index in [0.717, 1.165) is 56.2 Å². The maximum atomic E-state index is 14.3. The molecule has 4 aliphatic heterocycles. The zero-order valence-electron chi connectivity index (χ0n) is 41.4. The number of piperazine rings is 1. The molecular weight excluding hydrogens is 942 g/mol. The lowest BCUT2D eigenvalue weighted by molar-refractivity contribution is -0.147. The molecule has 3 saturated heterocycles. The minimum absolute atomic E-state index is 0.135. The lowest BCUT2D eigenvalue weighted by atomic mass is 9.85. The Hall–Kier alpha value is -6.65. The molecule has 72 heavy (non-hydrogen) atoms. The number of alkyl halides is 3. The van der Waals surface area contributed by atoms with Gasteiger partial charge in [0.1, 0.15) is 23.7 Å². The number of amides is 3. The van der Waals surface area contributed by atoms with Gasteiger partial charge in [-0.15, -0.1) is 21.5 Å². The summed E-state index contributed by atoms with van der Waals surface area (Å²) in [4.78, 5) is 59.8. The SMILES string of the molecule is Cc1ncsc1-c1ccc(CNC(=O)[C@@H]2CC(C)CN2C(=O)[C@@H](NC(=O)CN2CCN(c3ccc(C#Cc4ccc(C5CCN(C6=Nn7c(nnc7C(F)(F)F)CC6)CC5)cc4)cn3)CC2)C(C)(C)C)cc1. The first kappa shape index (κ1) is 50.3. The third-order valence-electron chi connectivity index (χ3n) is 14.1. The van der Waals surface area contributed by atoms with Crippen LogP contribution in [0.15, 0.2) is 77.5 Å². The molecular formula is C53H61F3N12O3S. The van der Waals surface area contributed by atoms with E-state index in [-0.39, 0.29) is 36.0 Å². The maximum Gasteiger partial charge on any atom is 0.453 e. The van der Waals surface area contributed by atoms with Crippen molar-refractivity contribution in [2.45, 2.75) is 97.4 Å². The van der Waals surface area contributed by atoms with Crippen molar-refractivity contribution >= 4 is 40.7 Å². The van der Waals surface area contributed by atoms with Crippen LogP contribution in [0.5, 0.6) is 0 Å². The first-order valence-electron chi connectivity index (χ1n) is 24.7. The number of hydrogen-bond donors (Lipinski definition) is 2. The molecule has 0 saturated carbocycles. The summed E-state index contributed by atoms with van der Waals surface area (Å²) in [5, 5.41) is 17.4. The van der Waals surface area contributed by atoms with Crippen molar-refractivity contribution < 1.29 is 27.6 Å². The third kappa shape index (κ3) is 11.7. The molecule has 15 nitrogen and oxygen atoms in total. The molecule has 0 aliphatic carbocycles. The molecule has 0 spiro atoms. The smallest absolute Gasteiger partial charge is 0.359 e. The predicted octanol–water partition coefficient (Wildman–Crippen LogP) is 6.72. The molecule has 9 rings (SSSR count). The van der Waals surface area contributed by atoms with Crippen molar-refractivity contribution in [3.63, 3.8) is 0 Å². The van der Waals surface area contributed by atoms with Crippen LogP contribution in [0, 0.1) is 30.1 Å². The van der Waals surface area contributed by atoms with E-state index < -0.39 is 29.5 Å². The van der Waals surface area contributed by atoms with E-state index in [2.05, 4.69) is 69.6 Å². The van der Waals surface area contributed by atoms with E-state index in [9.17, 15) is 27.6 Å². The first-order valence-corrected chi connectivity index (χ1v) is 25.6. The molecule has 7 heterocycles. The van der Waals surface area contributed by atoms with Crippen LogP contribution < -0.4 is 15.5 Å². The first-order chi connectivity index (χ1) is 34.5. The Labute approximate surface area is 422 Å². The van der Waals surface area contributed by atoms with Gasteiger partial charge in [0.05, 0.1) is 22.6 Å². The lowest BCUT2D eigenvalue weighted by Gasteiger charge is -2.37. The summed E-state index contributed by atoms with van der Waals surface area (Å²) in [7, 11) is 0. The van der Waals surface area contributed by atoms with Crippen molar-refractivity contribution in [2.24, 2.45) is 16.4 Å². The number of carbonyl (C=O) groups excluding carboxylic acids is 3. The second-order valence-corrected chi connectivity index (χ2v) is 21.3. The fourth-order valence-electron chi connectivity index (χ4n) is 10.0. The average molecular weight is 1000 g/mol. The van der Waals surface area contributed by atoms with Crippen molar-refractivity contribution in [1.82, 2.24) is 50.2 Å².